The molecule has 2 rings (SSSR count). The van der Waals surface area contributed by atoms with E-state index in [2.05, 4.69) is 11.5 Å². The van der Waals surface area contributed by atoms with E-state index in [1.165, 1.54) is 0 Å². The second kappa shape index (κ2) is 2.62. The van der Waals surface area contributed by atoms with Gasteiger partial charge in [0.25, 0.3) is 6.40 Å². The van der Waals surface area contributed by atoms with E-state index in [4.69, 9.17) is 4.74 Å². The number of rotatable bonds is 1. The first-order valence-corrected chi connectivity index (χ1v) is 3.37. The van der Waals surface area contributed by atoms with Crippen LogP contribution in [0.1, 0.15) is 0 Å². The molecule has 0 unspecified atom stereocenters. The van der Waals surface area contributed by atoms with E-state index in [-0.39, 0.29) is 0 Å². The topological polar surface area (TPSA) is 24.8 Å². The molecule has 1 heterocycles. The first-order chi connectivity index (χ1) is 5.47. The number of para-hydroxylation sites is 1. The monoisotopic (exact) mass is 147 g/mol. The zero-order chi connectivity index (χ0) is 7.52. The molecule has 0 bridgehead atoms. The van der Waals surface area contributed by atoms with Crippen molar-refractivity contribution < 1.29 is 4.74 Å². The summed E-state index contributed by atoms with van der Waals surface area (Å²) in [6.07, 6.45) is 2.42. The van der Waals surface area contributed by atoms with Gasteiger partial charge >= 0.3 is 0 Å². The van der Waals surface area contributed by atoms with Crippen molar-refractivity contribution in [1.29, 1.82) is 0 Å². The molecular weight excluding hydrogens is 140 g/mol. The SMILES string of the molecule is [C]1=NN(c2ccccc2)CO1. The van der Waals surface area contributed by atoms with Gasteiger partial charge in [0.05, 0.1) is 5.69 Å². The minimum Gasteiger partial charge on any atom is -0.449 e. The molecule has 0 saturated carbocycles. The van der Waals surface area contributed by atoms with Crippen molar-refractivity contribution in [3.63, 3.8) is 0 Å². The molecule has 0 atom stereocenters. The Morgan fingerprint density at radius 1 is 1.36 bits per heavy atom. The normalized spacial score (nSPS) is 15.1. The summed E-state index contributed by atoms with van der Waals surface area (Å²) < 4.78 is 4.82. The smallest absolute Gasteiger partial charge is 0.298 e. The molecule has 1 aliphatic rings. The van der Waals surface area contributed by atoms with Crippen molar-refractivity contribution in [1.82, 2.24) is 0 Å². The van der Waals surface area contributed by atoms with Crippen molar-refractivity contribution in [2.45, 2.75) is 0 Å². The molecule has 0 amide bonds. The van der Waals surface area contributed by atoms with Crippen molar-refractivity contribution in [2.75, 3.05) is 11.7 Å². The summed E-state index contributed by atoms with van der Waals surface area (Å²) in [5.41, 5.74) is 1.03. The average Bonchev–Trinajstić information content (AvgIpc) is 2.58. The molecular formula is C8H7N2O. The third kappa shape index (κ3) is 1.17. The Labute approximate surface area is 64.9 Å². The second-order valence-electron chi connectivity index (χ2n) is 2.20. The molecule has 1 radical (unpaired) electrons. The fraction of sp³-hybridized carbons (Fsp3) is 0.125. The maximum Gasteiger partial charge on any atom is 0.298 e. The van der Waals surface area contributed by atoms with Crippen LogP contribution in [0.4, 0.5) is 5.69 Å². The molecule has 0 aromatic heterocycles. The summed E-state index contributed by atoms with van der Waals surface area (Å²) in [5.74, 6) is 0. The molecule has 55 valence electrons. The van der Waals surface area contributed by atoms with E-state index >= 15 is 0 Å². The fourth-order valence-corrected chi connectivity index (χ4v) is 0.929. The highest BCUT2D eigenvalue weighted by Gasteiger charge is 2.07. The van der Waals surface area contributed by atoms with Crippen LogP contribution in [0, 0.1) is 0 Å². The zero-order valence-corrected chi connectivity index (χ0v) is 5.90. The summed E-state index contributed by atoms with van der Waals surface area (Å²) in [5, 5.41) is 5.60. The van der Waals surface area contributed by atoms with E-state index in [0.717, 1.165) is 5.69 Å². The molecule has 11 heavy (non-hydrogen) atoms. The van der Waals surface area contributed by atoms with E-state index in [9.17, 15) is 0 Å². The van der Waals surface area contributed by atoms with Crippen LogP contribution in [-0.2, 0) is 4.74 Å². The van der Waals surface area contributed by atoms with Crippen molar-refractivity contribution in [3.8, 4) is 0 Å². The standard InChI is InChI=1S/C8H7N2O/c1-2-4-8(5-3-1)10-7-11-6-9-10/h1-5H,7H2. The predicted molar refractivity (Wildman–Crippen MR) is 42.3 cm³/mol. The van der Waals surface area contributed by atoms with Gasteiger partial charge in [-0.1, -0.05) is 18.2 Å². The Balaban J connectivity index is 2.23. The van der Waals surface area contributed by atoms with Crippen molar-refractivity contribution >= 4 is 12.1 Å². The molecule has 0 aliphatic carbocycles. The molecule has 3 nitrogen and oxygen atoms in total. The van der Waals surface area contributed by atoms with E-state index < -0.39 is 0 Å². The highest BCUT2D eigenvalue weighted by Crippen LogP contribution is 2.14. The lowest BCUT2D eigenvalue weighted by atomic mass is 10.3. The van der Waals surface area contributed by atoms with Gasteiger partial charge in [0.15, 0.2) is 6.73 Å². The zero-order valence-electron chi connectivity index (χ0n) is 5.90. The number of ether oxygens (including phenoxy) is 1. The van der Waals surface area contributed by atoms with Gasteiger partial charge in [0.2, 0.25) is 0 Å². The van der Waals surface area contributed by atoms with Crippen molar-refractivity contribution in [3.05, 3.63) is 30.3 Å². The first kappa shape index (κ1) is 6.22. The van der Waals surface area contributed by atoms with Gasteiger partial charge < -0.3 is 4.74 Å². The number of anilines is 1. The van der Waals surface area contributed by atoms with Gasteiger partial charge in [0.1, 0.15) is 0 Å². The van der Waals surface area contributed by atoms with Crippen LogP contribution in [0.25, 0.3) is 0 Å². The molecule has 1 aromatic rings. The predicted octanol–water partition coefficient (Wildman–Crippen LogP) is 1.30. The van der Waals surface area contributed by atoms with E-state index in [1.807, 2.05) is 30.3 Å². The Morgan fingerprint density at radius 3 is 2.82 bits per heavy atom. The lowest BCUT2D eigenvalue weighted by molar-refractivity contribution is 0.350. The van der Waals surface area contributed by atoms with Crippen LogP contribution in [-0.4, -0.2) is 13.1 Å². The summed E-state index contributed by atoms with van der Waals surface area (Å²) in [6, 6.07) is 9.83. The number of nitrogens with zero attached hydrogens (tertiary/aromatic N) is 2. The highest BCUT2D eigenvalue weighted by atomic mass is 16.5. The van der Waals surface area contributed by atoms with Crippen LogP contribution in [0.5, 0.6) is 0 Å². The molecule has 0 spiro atoms. The van der Waals surface area contributed by atoms with Gasteiger partial charge in [-0.15, -0.1) is 5.10 Å². The number of hydrazone groups is 1. The minimum absolute atomic E-state index is 0.462. The third-order valence-corrected chi connectivity index (χ3v) is 1.47. The summed E-state index contributed by atoms with van der Waals surface area (Å²) in [6.45, 7) is 0.462. The Bertz CT molecular complexity index is 258. The number of benzene rings is 1. The van der Waals surface area contributed by atoms with Crippen LogP contribution in [0.15, 0.2) is 35.4 Å². The quantitative estimate of drug-likeness (QED) is 0.598. The lowest BCUT2D eigenvalue weighted by Crippen LogP contribution is -2.12. The lowest BCUT2D eigenvalue weighted by Gasteiger charge is -2.09. The van der Waals surface area contributed by atoms with Crippen LogP contribution < -0.4 is 5.01 Å². The van der Waals surface area contributed by atoms with Gasteiger partial charge in [-0.25, -0.2) is 5.01 Å². The van der Waals surface area contributed by atoms with Crippen LogP contribution in [0.3, 0.4) is 0 Å². The maximum atomic E-state index is 4.82. The first-order valence-electron chi connectivity index (χ1n) is 3.37. The second-order valence-corrected chi connectivity index (χ2v) is 2.20. The molecule has 0 saturated heterocycles. The maximum absolute atomic E-state index is 4.82. The van der Waals surface area contributed by atoms with E-state index in [0.29, 0.717) is 6.73 Å². The Kier molecular flexibility index (Phi) is 1.48. The number of hydrogen-bond acceptors (Lipinski definition) is 3. The molecule has 0 fully saturated rings. The van der Waals surface area contributed by atoms with Crippen LogP contribution in [0.2, 0.25) is 0 Å². The largest absolute Gasteiger partial charge is 0.449 e. The van der Waals surface area contributed by atoms with E-state index in [1.54, 1.807) is 5.01 Å². The van der Waals surface area contributed by atoms with Crippen molar-refractivity contribution in [2.24, 2.45) is 5.10 Å². The van der Waals surface area contributed by atoms with Crippen LogP contribution >= 0.6 is 0 Å². The molecule has 3 heteroatoms. The van der Waals surface area contributed by atoms with Gasteiger partial charge in [-0.3, -0.25) is 0 Å². The molecule has 0 N–H and O–H groups in total. The molecule has 1 aliphatic heterocycles. The summed E-state index contributed by atoms with van der Waals surface area (Å²) >= 11 is 0. The van der Waals surface area contributed by atoms with Gasteiger partial charge in [-0.2, -0.15) is 0 Å². The minimum atomic E-state index is 0.462. The molecule has 1 aromatic carbocycles. The van der Waals surface area contributed by atoms with Gasteiger partial charge in [-0.05, 0) is 12.1 Å². The summed E-state index contributed by atoms with van der Waals surface area (Å²) in [4.78, 5) is 0. The number of hydrogen-bond donors (Lipinski definition) is 0. The summed E-state index contributed by atoms with van der Waals surface area (Å²) in [7, 11) is 0. The Hall–Kier alpha value is -1.51. The highest BCUT2D eigenvalue weighted by molar-refractivity contribution is 5.56. The third-order valence-electron chi connectivity index (χ3n) is 1.47. The fourth-order valence-electron chi connectivity index (χ4n) is 0.929. The van der Waals surface area contributed by atoms with Gasteiger partial charge in [0, 0.05) is 0 Å². The average molecular weight is 147 g/mol. The Morgan fingerprint density at radius 2 is 2.18 bits per heavy atom.